The average Bonchev–Trinajstić information content (AvgIpc) is 3.04. The van der Waals surface area contributed by atoms with E-state index in [0.29, 0.717) is 32.2 Å². The molecule has 0 bridgehead atoms. The van der Waals surface area contributed by atoms with Gasteiger partial charge in [0.1, 0.15) is 15.5 Å². The maximum absolute atomic E-state index is 12.1. The highest BCUT2D eigenvalue weighted by Gasteiger charge is 2.20. The van der Waals surface area contributed by atoms with Crippen LogP contribution in [-0.2, 0) is 20.9 Å². The molecule has 0 aliphatic rings. The molecule has 0 aliphatic heterocycles. The zero-order valence-electron chi connectivity index (χ0n) is 16.1. The highest BCUT2D eigenvalue weighted by Crippen LogP contribution is 2.33. The van der Waals surface area contributed by atoms with Gasteiger partial charge in [0.15, 0.2) is 12.4 Å². The van der Waals surface area contributed by atoms with Gasteiger partial charge >= 0.3 is 11.9 Å². The van der Waals surface area contributed by atoms with E-state index < -0.39 is 5.97 Å². The van der Waals surface area contributed by atoms with E-state index in [4.69, 9.17) is 15.2 Å². The molecule has 0 radical (unpaired) electrons. The molecule has 9 heteroatoms. The third-order valence-electron chi connectivity index (χ3n) is 4.01. The van der Waals surface area contributed by atoms with Crippen LogP contribution in [0, 0.1) is 6.92 Å². The lowest BCUT2D eigenvalue weighted by Gasteiger charge is -2.06. The van der Waals surface area contributed by atoms with Crippen LogP contribution in [0.1, 0.15) is 34.4 Å². The third kappa shape index (κ3) is 5.24. The minimum atomic E-state index is -0.406. The maximum Gasteiger partial charge on any atom is 0.348 e. The molecule has 0 fully saturated rings. The number of thiophene rings is 1. The number of anilines is 1. The number of esters is 2. The van der Waals surface area contributed by atoms with E-state index in [9.17, 15) is 9.59 Å². The van der Waals surface area contributed by atoms with Crippen LogP contribution in [0.3, 0.4) is 0 Å². The van der Waals surface area contributed by atoms with E-state index in [1.54, 1.807) is 25.6 Å². The number of nitrogens with two attached hydrogens (primary N) is 1. The molecule has 152 valence electrons. The van der Waals surface area contributed by atoms with Gasteiger partial charge in [0.05, 0.1) is 18.4 Å². The van der Waals surface area contributed by atoms with Gasteiger partial charge in [-0.15, -0.1) is 23.1 Å². The number of nitrogens with zero attached hydrogens (tertiary/aromatic N) is 2. The molecule has 0 spiro atoms. The fourth-order valence-electron chi connectivity index (χ4n) is 2.66. The average molecular weight is 432 g/mol. The van der Waals surface area contributed by atoms with Gasteiger partial charge in [0.25, 0.3) is 0 Å². The number of carbonyl (C=O) groups is 2. The van der Waals surface area contributed by atoms with Crippen LogP contribution in [0.5, 0.6) is 0 Å². The predicted octanol–water partition coefficient (Wildman–Crippen LogP) is 3.98. The Kier molecular flexibility index (Phi) is 7.05. The Morgan fingerprint density at radius 3 is 2.66 bits per heavy atom. The molecule has 29 heavy (non-hydrogen) atoms. The number of fused-ring (bicyclic) bond motifs is 1. The quantitative estimate of drug-likeness (QED) is 0.422. The van der Waals surface area contributed by atoms with Crippen molar-refractivity contribution >= 4 is 51.1 Å². The van der Waals surface area contributed by atoms with Gasteiger partial charge in [-0.05, 0) is 31.5 Å². The van der Waals surface area contributed by atoms with Crippen molar-refractivity contribution in [1.29, 1.82) is 0 Å². The molecule has 3 aromatic rings. The van der Waals surface area contributed by atoms with E-state index in [2.05, 4.69) is 9.97 Å². The lowest BCUT2D eigenvalue weighted by molar-refractivity contribution is -0.144. The molecule has 0 saturated carbocycles. The number of aryl methyl sites for hydroxylation is 1. The minimum Gasteiger partial charge on any atom is -0.462 e. The van der Waals surface area contributed by atoms with Gasteiger partial charge in [-0.2, -0.15) is 0 Å². The molecule has 2 N–H and O–H groups in total. The van der Waals surface area contributed by atoms with E-state index in [0.717, 1.165) is 4.90 Å². The van der Waals surface area contributed by atoms with Crippen LogP contribution in [0.2, 0.25) is 0 Å². The molecule has 0 saturated heterocycles. The predicted molar refractivity (Wildman–Crippen MR) is 114 cm³/mol. The normalized spacial score (nSPS) is 10.8. The summed E-state index contributed by atoms with van der Waals surface area (Å²) in [5.41, 5.74) is 6.75. The summed E-state index contributed by atoms with van der Waals surface area (Å²) in [5.74, 6) is 0.444. The molecular formula is C20H21N3O4S2. The number of carbonyl (C=O) groups excluding carboxylic acids is 2. The van der Waals surface area contributed by atoms with Crippen molar-refractivity contribution in [3.63, 3.8) is 0 Å². The summed E-state index contributed by atoms with van der Waals surface area (Å²) in [6.45, 7) is 3.76. The van der Waals surface area contributed by atoms with Crippen molar-refractivity contribution in [1.82, 2.24) is 9.97 Å². The van der Waals surface area contributed by atoms with Gasteiger partial charge in [-0.3, -0.25) is 4.79 Å². The maximum atomic E-state index is 12.1. The zero-order chi connectivity index (χ0) is 20.8. The second-order valence-electron chi connectivity index (χ2n) is 6.05. The summed E-state index contributed by atoms with van der Waals surface area (Å²) in [6, 6.07) is 9.85. The lowest BCUT2D eigenvalue weighted by Crippen LogP contribution is -2.09. The molecule has 0 aliphatic carbocycles. The fraction of sp³-hybridized carbons (Fsp3) is 0.300. The van der Waals surface area contributed by atoms with E-state index >= 15 is 0 Å². The first-order valence-corrected chi connectivity index (χ1v) is 10.9. The van der Waals surface area contributed by atoms with Crippen LogP contribution in [0.25, 0.3) is 10.2 Å². The summed E-state index contributed by atoms with van der Waals surface area (Å²) in [5, 5.41) is 0.632. The van der Waals surface area contributed by atoms with Crippen molar-refractivity contribution in [2.75, 3.05) is 18.1 Å². The fourth-order valence-corrected chi connectivity index (χ4v) is 4.61. The second kappa shape index (κ2) is 9.71. The van der Waals surface area contributed by atoms with Crippen LogP contribution in [0.15, 0.2) is 35.2 Å². The number of rotatable bonds is 8. The van der Waals surface area contributed by atoms with Crippen molar-refractivity contribution in [2.45, 2.75) is 31.8 Å². The SMILES string of the molecule is CCOC(=O)c1sc2nc(COC(=O)CCSc3ccccc3)nc(N)c2c1C. The van der Waals surface area contributed by atoms with Gasteiger partial charge in [-0.25, -0.2) is 14.8 Å². The van der Waals surface area contributed by atoms with Crippen molar-refractivity contribution in [2.24, 2.45) is 0 Å². The standard InChI is InChI=1S/C20H21N3O4S2/c1-3-26-20(25)17-12(2)16-18(21)22-14(23-19(16)29-17)11-27-15(24)9-10-28-13-7-5-4-6-8-13/h4-8H,3,9-11H2,1-2H3,(H2,21,22,23). The molecule has 0 atom stereocenters. The number of nitrogen functional groups attached to an aromatic ring is 1. The number of ether oxygens (including phenoxy) is 2. The highest BCUT2D eigenvalue weighted by atomic mass is 32.2. The largest absolute Gasteiger partial charge is 0.462 e. The summed E-state index contributed by atoms with van der Waals surface area (Å²) in [4.78, 5) is 34.8. The van der Waals surface area contributed by atoms with E-state index in [1.165, 1.54) is 11.3 Å². The van der Waals surface area contributed by atoms with E-state index in [1.807, 2.05) is 30.3 Å². The molecule has 1 aromatic carbocycles. The summed E-state index contributed by atoms with van der Waals surface area (Å²) in [7, 11) is 0. The molecule has 0 amide bonds. The molecule has 7 nitrogen and oxygen atoms in total. The number of hydrogen-bond donors (Lipinski definition) is 1. The van der Waals surface area contributed by atoms with Crippen LogP contribution >= 0.6 is 23.1 Å². The first-order chi connectivity index (χ1) is 14.0. The topological polar surface area (TPSA) is 104 Å². The first-order valence-electron chi connectivity index (χ1n) is 9.05. The van der Waals surface area contributed by atoms with Crippen LogP contribution < -0.4 is 5.73 Å². The van der Waals surface area contributed by atoms with Crippen molar-refractivity contribution < 1.29 is 19.1 Å². The van der Waals surface area contributed by atoms with Gasteiger partial charge in [0, 0.05) is 10.6 Å². The number of benzene rings is 1. The Labute approximate surface area is 176 Å². The van der Waals surface area contributed by atoms with E-state index in [-0.39, 0.29) is 31.4 Å². The summed E-state index contributed by atoms with van der Waals surface area (Å²) >= 11 is 2.79. The minimum absolute atomic E-state index is 0.0688. The molecule has 2 aromatic heterocycles. The Balaban J connectivity index is 1.61. The Morgan fingerprint density at radius 2 is 1.93 bits per heavy atom. The smallest absolute Gasteiger partial charge is 0.348 e. The Morgan fingerprint density at radius 1 is 1.17 bits per heavy atom. The van der Waals surface area contributed by atoms with Crippen LogP contribution in [0.4, 0.5) is 5.82 Å². The first kappa shape index (κ1) is 21.1. The number of aromatic nitrogens is 2. The summed E-state index contributed by atoms with van der Waals surface area (Å²) < 4.78 is 10.3. The third-order valence-corrected chi connectivity index (χ3v) is 6.19. The highest BCUT2D eigenvalue weighted by molar-refractivity contribution is 7.99. The monoisotopic (exact) mass is 431 g/mol. The molecule has 2 heterocycles. The van der Waals surface area contributed by atoms with Gasteiger partial charge in [0.2, 0.25) is 0 Å². The number of thioether (sulfide) groups is 1. The van der Waals surface area contributed by atoms with Crippen molar-refractivity contribution in [3.05, 3.63) is 46.6 Å². The summed E-state index contributed by atoms with van der Waals surface area (Å²) in [6.07, 6.45) is 0.280. The van der Waals surface area contributed by atoms with Gasteiger partial charge < -0.3 is 15.2 Å². The molecule has 0 unspecified atom stereocenters. The Hall–Kier alpha value is -2.65. The molecular weight excluding hydrogens is 410 g/mol. The molecule has 3 rings (SSSR count). The van der Waals surface area contributed by atoms with Gasteiger partial charge in [-0.1, -0.05) is 18.2 Å². The zero-order valence-corrected chi connectivity index (χ0v) is 17.8. The van der Waals surface area contributed by atoms with Crippen molar-refractivity contribution in [3.8, 4) is 0 Å². The Bertz CT molecular complexity index is 1020. The second-order valence-corrected chi connectivity index (χ2v) is 8.22. The number of hydrogen-bond acceptors (Lipinski definition) is 9. The lowest BCUT2D eigenvalue weighted by atomic mass is 10.2. The van der Waals surface area contributed by atoms with Crippen LogP contribution in [-0.4, -0.2) is 34.3 Å².